The molecule has 0 aliphatic rings. The van der Waals surface area contributed by atoms with Crippen molar-refractivity contribution in [2.75, 3.05) is 0 Å². The molecule has 2 aromatic rings. The molecule has 0 N–H and O–H groups in total. The Morgan fingerprint density at radius 1 is 0.909 bits per heavy atom. The van der Waals surface area contributed by atoms with Crippen molar-refractivity contribution in [2.24, 2.45) is 5.41 Å². The van der Waals surface area contributed by atoms with Gasteiger partial charge in [-0.05, 0) is 65.5 Å². The van der Waals surface area contributed by atoms with Crippen LogP contribution in [0.3, 0.4) is 0 Å². The molecule has 117 valence electrons. The molecule has 0 aliphatic carbocycles. The van der Waals surface area contributed by atoms with Gasteiger partial charge >= 0.3 is 0 Å². The summed E-state index contributed by atoms with van der Waals surface area (Å²) in [6.07, 6.45) is 1.16. The number of aryl methyl sites for hydroxylation is 2. The van der Waals surface area contributed by atoms with Crippen LogP contribution < -0.4 is 0 Å². The summed E-state index contributed by atoms with van der Waals surface area (Å²) >= 11 is 0. The molecular formula is C22H29. The van der Waals surface area contributed by atoms with Crippen LogP contribution in [0.1, 0.15) is 57.7 Å². The van der Waals surface area contributed by atoms with Crippen LogP contribution >= 0.6 is 0 Å². The number of hydrogen-bond acceptors (Lipinski definition) is 0. The van der Waals surface area contributed by atoms with Gasteiger partial charge < -0.3 is 0 Å². The van der Waals surface area contributed by atoms with Crippen molar-refractivity contribution in [3.8, 4) is 11.1 Å². The number of rotatable bonds is 3. The Hall–Kier alpha value is -1.56. The highest BCUT2D eigenvalue weighted by molar-refractivity contribution is 5.68. The largest absolute Gasteiger partial charge is 0.0601 e. The SMILES string of the molecule is Cc1ccc(-c2[c]ccc(C(C)(C)CC(C)(C)C)c2)c(C)c1. The van der Waals surface area contributed by atoms with E-state index in [4.69, 9.17) is 0 Å². The molecule has 0 unspecified atom stereocenters. The molecule has 22 heavy (non-hydrogen) atoms. The van der Waals surface area contributed by atoms with Gasteiger partial charge in [-0.3, -0.25) is 0 Å². The van der Waals surface area contributed by atoms with Crippen LogP contribution in [0.2, 0.25) is 0 Å². The molecule has 0 spiro atoms. The molecule has 0 saturated heterocycles. The van der Waals surface area contributed by atoms with Crippen LogP contribution in [-0.4, -0.2) is 0 Å². The van der Waals surface area contributed by atoms with Crippen molar-refractivity contribution in [1.82, 2.24) is 0 Å². The summed E-state index contributed by atoms with van der Waals surface area (Å²) < 4.78 is 0. The van der Waals surface area contributed by atoms with Crippen LogP contribution in [0.25, 0.3) is 11.1 Å². The van der Waals surface area contributed by atoms with Crippen molar-refractivity contribution >= 4 is 0 Å². The molecule has 0 heteroatoms. The van der Waals surface area contributed by atoms with Gasteiger partial charge in [0.1, 0.15) is 0 Å². The highest BCUT2D eigenvalue weighted by atomic mass is 14.3. The van der Waals surface area contributed by atoms with Gasteiger partial charge in [-0.2, -0.15) is 0 Å². The van der Waals surface area contributed by atoms with E-state index < -0.39 is 0 Å². The van der Waals surface area contributed by atoms with E-state index in [1.54, 1.807) is 0 Å². The van der Waals surface area contributed by atoms with Crippen molar-refractivity contribution in [3.05, 3.63) is 59.2 Å². The van der Waals surface area contributed by atoms with Gasteiger partial charge in [0.2, 0.25) is 0 Å². The zero-order valence-electron chi connectivity index (χ0n) is 15.2. The molecular weight excluding hydrogens is 264 g/mol. The molecule has 0 aromatic heterocycles. The Labute approximate surface area is 136 Å². The zero-order valence-corrected chi connectivity index (χ0v) is 15.2. The van der Waals surface area contributed by atoms with Gasteiger partial charge in [0.05, 0.1) is 0 Å². The fourth-order valence-corrected chi connectivity index (χ4v) is 3.59. The predicted molar refractivity (Wildman–Crippen MR) is 97.3 cm³/mol. The van der Waals surface area contributed by atoms with Crippen LogP contribution in [-0.2, 0) is 5.41 Å². The Morgan fingerprint density at radius 3 is 2.18 bits per heavy atom. The molecule has 2 aromatic carbocycles. The molecule has 1 radical (unpaired) electrons. The highest BCUT2D eigenvalue weighted by Crippen LogP contribution is 2.37. The lowest BCUT2D eigenvalue weighted by Crippen LogP contribution is -2.24. The molecule has 0 atom stereocenters. The molecule has 0 aliphatic heterocycles. The fraction of sp³-hybridized carbons (Fsp3) is 0.455. The van der Waals surface area contributed by atoms with Crippen molar-refractivity contribution < 1.29 is 0 Å². The summed E-state index contributed by atoms with van der Waals surface area (Å²) in [6.45, 7) is 16.0. The lowest BCUT2D eigenvalue weighted by Gasteiger charge is -2.33. The fourth-order valence-electron chi connectivity index (χ4n) is 3.59. The molecule has 0 nitrogen and oxygen atoms in total. The third-order valence-corrected chi connectivity index (χ3v) is 4.23. The van der Waals surface area contributed by atoms with Gasteiger partial charge in [0, 0.05) is 0 Å². The molecule has 0 saturated carbocycles. The second-order valence-electron chi connectivity index (χ2n) is 8.43. The number of benzene rings is 2. The van der Waals surface area contributed by atoms with Crippen LogP contribution in [0, 0.1) is 25.3 Å². The maximum absolute atomic E-state index is 3.42. The first-order valence-electron chi connectivity index (χ1n) is 8.18. The summed E-state index contributed by atoms with van der Waals surface area (Å²) in [7, 11) is 0. The molecule has 2 rings (SSSR count). The Kier molecular flexibility index (Phi) is 4.52. The molecule has 0 bridgehead atoms. The van der Waals surface area contributed by atoms with E-state index in [1.165, 1.54) is 27.8 Å². The quantitative estimate of drug-likeness (QED) is 0.607. The molecule has 0 fully saturated rings. The monoisotopic (exact) mass is 293 g/mol. The van der Waals surface area contributed by atoms with Crippen LogP contribution in [0.5, 0.6) is 0 Å². The number of hydrogen-bond donors (Lipinski definition) is 0. The minimum Gasteiger partial charge on any atom is -0.0601 e. The minimum atomic E-state index is 0.167. The molecule has 0 heterocycles. The van der Waals surface area contributed by atoms with Crippen molar-refractivity contribution in [3.63, 3.8) is 0 Å². The molecule has 0 amide bonds. The predicted octanol–water partition coefficient (Wildman–Crippen LogP) is 6.48. The normalized spacial score (nSPS) is 12.5. The highest BCUT2D eigenvalue weighted by Gasteiger charge is 2.27. The summed E-state index contributed by atoms with van der Waals surface area (Å²) in [6, 6.07) is 16.7. The van der Waals surface area contributed by atoms with Crippen molar-refractivity contribution in [2.45, 2.75) is 60.3 Å². The van der Waals surface area contributed by atoms with Crippen molar-refractivity contribution in [1.29, 1.82) is 0 Å². The minimum absolute atomic E-state index is 0.167. The van der Waals surface area contributed by atoms with E-state index in [9.17, 15) is 0 Å². The maximum Gasteiger partial charge on any atom is -0.00984 e. The first-order chi connectivity index (χ1) is 10.1. The van der Waals surface area contributed by atoms with Crippen LogP contribution in [0.4, 0.5) is 0 Å². The van der Waals surface area contributed by atoms with E-state index in [0.717, 1.165) is 6.42 Å². The third kappa shape index (κ3) is 4.00. The lowest BCUT2D eigenvalue weighted by atomic mass is 9.72. The zero-order chi connectivity index (χ0) is 16.5. The van der Waals surface area contributed by atoms with E-state index in [1.807, 2.05) is 0 Å². The van der Waals surface area contributed by atoms with Gasteiger partial charge in [-0.1, -0.05) is 70.5 Å². The standard InChI is InChI=1S/C22H29/c1-16-11-12-20(17(2)13-16)18-9-8-10-19(14-18)22(6,7)15-21(3,4)5/h8,10-14H,15H2,1-7H3. The van der Waals surface area contributed by atoms with E-state index in [2.05, 4.69) is 90.9 Å². The summed E-state index contributed by atoms with van der Waals surface area (Å²) in [5, 5.41) is 0. The average Bonchev–Trinajstić information content (AvgIpc) is 2.36. The maximum atomic E-state index is 3.42. The topological polar surface area (TPSA) is 0 Å². The Bertz CT molecular complexity index is 654. The Morgan fingerprint density at radius 2 is 1.59 bits per heavy atom. The first kappa shape index (κ1) is 16.8. The second kappa shape index (κ2) is 5.91. The van der Waals surface area contributed by atoms with E-state index in [-0.39, 0.29) is 5.41 Å². The van der Waals surface area contributed by atoms with Gasteiger partial charge in [0.15, 0.2) is 0 Å². The Balaban J connectivity index is 2.42. The summed E-state index contributed by atoms with van der Waals surface area (Å²) in [5.74, 6) is 0. The lowest BCUT2D eigenvalue weighted by molar-refractivity contribution is 0.284. The first-order valence-corrected chi connectivity index (χ1v) is 8.18. The van der Waals surface area contributed by atoms with Gasteiger partial charge in [-0.25, -0.2) is 0 Å². The van der Waals surface area contributed by atoms with E-state index in [0.29, 0.717) is 5.41 Å². The third-order valence-electron chi connectivity index (χ3n) is 4.23. The van der Waals surface area contributed by atoms with Gasteiger partial charge in [0.25, 0.3) is 0 Å². The summed E-state index contributed by atoms with van der Waals surface area (Å²) in [4.78, 5) is 0. The van der Waals surface area contributed by atoms with Crippen LogP contribution in [0.15, 0.2) is 36.4 Å². The van der Waals surface area contributed by atoms with Gasteiger partial charge in [-0.15, -0.1) is 0 Å². The smallest absolute Gasteiger partial charge is 0.00984 e. The summed E-state index contributed by atoms with van der Waals surface area (Å²) in [5.41, 5.74) is 7.02. The second-order valence-corrected chi connectivity index (χ2v) is 8.43. The average molecular weight is 293 g/mol. The van der Waals surface area contributed by atoms with E-state index >= 15 is 0 Å².